The van der Waals surface area contributed by atoms with Gasteiger partial charge in [0, 0.05) is 24.5 Å². The van der Waals surface area contributed by atoms with Crippen LogP contribution in [0.3, 0.4) is 0 Å². The molecule has 2 aliphatic rings. The zero-order valence-corrected chi connectivity index (χ0v) is 8.37. The smallest absolute Gasteiger partial charge is 0.0490 e. The molecule has 0 aliphatic heterocycles. The third kappa shape index (κ3) is 1.82. The molecule has 0 radical (unpaired) electrons. The maximum atomic E-state index is 3.96. The van der Waals surface area contributed by atoms with E-state index in [4.69, 9.17) is 0 Å². The van der Waals surface area contributed by atoms with Crippen molar-refractivity contribution in [3.05, 3.63) is 18.0 Å². The fourth-order valence-corrected chi connectivity index (χ4v) is 2.24. The molecular weight excluding hydrogens is 174 g/mol. The minimum atomic E-state index is 0.790. The summed E-state index contributed by atoms with van der Waals surface area (Å²) in [5, 5.41) is 10.6. The lowest BCUT2D eigenvalue weighted by molar-refractivity contribution is 0.413. The van der Waals surface area contributed by atoms with E-state index in [2.05, 4.69) is 15.5 Å². The summed E-state index contributed by atoms with van der Waals surface area (Å²) in [6, 6.07) is 2.84. The minimum absolute atomic E-state index is 0.790. The molecule has 3 nitrogen and oxygen atoms in total. The Labute approximate surface area is 84.3 Å². The Kier molecular flexibility index (Phi) is 2.05. The first-order valence-corrected chi connectivity index (χ1v) is 5.65. The molecule has 3 rings (SSSR count). The number of hydrogen-bond donors (Lipinski definition) is 2. The highest BCUT2D eigenvalue weighted by Gasteiger charge is 2.40. The van der Waals surface area contributed by atoms with E-state index in [9.17, 15) is 0 Å². The van der Waals surface area contributed by atoms with Crippen molar-refractivity contribution in [2.75, 3.05) is 0 Å². The second kappa shape index (κ2) is 3.39. The van der Waals surface area contributed by atoms with E-state index in [0.29, 0.717) is 0 Å². The van der Waals surface area contributed by atoms with Gasteiger partial charge < -0.3 is 5.32 Å². The predicted octanol–water partition coefficient (Wildman–Crippen LogP) is 1.69. The van der Waals surface area contributed by atoms with Crippen LogP contribution in [0.4, 0.5) is 0 Å². The quantitative estimate of drug-likeness (QED) is 0.743. The van der Waals surface area contributed by atoms with E-state index in [1.165, 1.54) is 31.4 Å². The molecule has 0 bridgehead atoms. The van der Waals surface area contributed by atoms with Crippen molar-refractivity contribution >= 4 is 0 Å². The summed E-state index contributed by atoms with van der Waals surface area (Å²) in [5.74, 6) is 1.95. The molecule has 0 spiro atoms. The number of nitrogens with zero attached hydrogens (tertiary/aromatic N) is 1. The van der Waals surface area contributed by atoms with Crippen molar-refractivity contribution in [2.45, 2.75) is 38.3 Å². The first kappa shape index (κ1) is 8.48. The molecule has 2 aliphatic carbocycles. The van der Waals surface area contributed by atoms with Crippen LogP contribution in [-0.2, 0) is 6.54 Å². The van der Waals surface area contributed by atoms with E-state index < -0.39 is 0 Å². The molecule has 2 fully saturated rings. The zero-order chi connectivity index (χ0) is 9.38. The van der Waals surface area contributed by atoms with Crippen LogP contribution in [0.2, 0.25) is 0 Å². The lowest BCUT2D eigenvalue weighted by Crippen LogP contribution is -2.32. The molecule has 1 heterocycles. The minimum Gasteiger partial charge on any atom is -0.308 e. The first-order valence-electron chi connectivity index (χ1n) is 5.65. The Morgan fingerprint density at radius 3 is 2.57 bits per heavy atom. The van der Waals surface area contributed by atoms with Crippen molar-refractivity contribution in [3.63, 3.8) is 0 Å². The number of rotatable bonds is 5. The number of aromatic nitrogens is 2. The molecular formula is C11H17N3. The van der Waals surface area contributed by atoms with E-state index in [-0.39, 0.29) is 0 Å². The summed E-state index contributed by atoms with van der Waals surface area (Å²) in [6.07, 6.45) is 7.59. The van der Waals surface area contributed by atoms with Gasteiger partial charge in [0.2, 0.25) is 0 Å². The predicted molar refractivity (Wildman–Crippen MR) is 54.7 cm³/mol. The van der Waals surface area contributed by atoms with Crippen molar-refractivity contribution in [1.29, 1.82) is 0 Å². The summed E-state index contributed by atoms with van der Waals surface area (Å²) in [6.45, 7) is 0.956. The van der Waals surface area contributed by atoms with E-state index in [1.54, 1.807) is 0 Å². The number of aromatic amines is 1. The summed E-state index contributed by atoms with van der Waals surface area (Å²) in [5.41, 5.74) is 1.20. The Hall–Kier alpha value is -0.830. The van der Waals surface area contributed by atoms with Gasteiger partial charge in [-0.1, -0.05) is 0 Å². The highest BCUT2D eigenvalue weighted by atomic mass is 15.1. The van der Waals surface area contributed by atoms with Crippen LogP contribution in [0.1, 0.15) is 31.4 Å². The van der Waals surface area contributed by atoms with Crippen LogP contribution in [0.5, 0.6) is 0 Å². The molecule has 3 heteroatoms. The van der Waals surface area contributed by atoms with Crippen LogP contribution in [0.25, 0.3) is 0 Å². The second-order valence-corrected chi connectivity index (χ2v) is 4.66. The number of nitrogens with one attached hydrogen (secondary N) is 2. The fraction of sp³-hybridized carbons (Fsp3) is 0.727. The van der Waals surface area contributed by atoms with Gasteiger partial charge in [0.05, 0.1) is 0 Å². The lowest BCUT2D eigenvalue weighted by atomic mass is 10.1. The molecule has 0 saturated heterocycles. The number of hydrogen-bond acceptors (Lipinski definition) is 2. The Balaban J connectivity index is 1.54. The summed E-state index contributed by atoms with van der Waals surface area (Å²) in [4.78, 5) is 0. The second-order valence-electron chi connectivity index (χ2n) is 4.66. The van der Waals surface area contributed by atoms with Gasteiger partial charge in [0.15, 0.2) is 0 Å². The van der Waals surface area contributed by atoms with Crippen LogP contribution in [0.15, 0.2) is 12.3 Å². The molecule has 76 valence electrons. The zero-order valence-electron chi connectivity index (χ0n) is 8.37. The van der Waals surface area contributed by atoms with Crippen molar-refractivity contribution in [2.24, 2.45) is 11.8 Å². The van der Waals surface area contributed by atoms with Gasteiger partial charge in [-0.25, -0.2) is 0 Å². The summed E-state index contributed by atoms with van der Waals surface area (Å²) < 4.78 is 0. The molecule has 1 aromatic heterocycles. The topological polar surface area (TPSA) is 40.7 Å². The van der Waals surface area contributed by atoms with Crippen LogP contribution in [-0.4, -0.2) is 16.2 Å². The maximum Gasteiger partial charge on any atom is 0.0490 e. The first-order chi connectivity index (χ1) is 6.93. The molecule has 0 aromatic carbocycles. The van der Waals surface area contributed by atoms with Gasteiger partial charge in [-0.05, 0) is 43.6 Å². The highest BCUT2D eigenvalue weighted by Crippen LogP contribution is 2.44. The van der Waals surface area contributed by atoms with Crippen LogP contribution in [0, 0.1) is 11.8 Å². The average molecular weight is 191 g/mol. The van der Waals surface area contributed by atoms with Gasteiger partial charge >= 0.3 is 0 Å². The third-order valence-electron chi connectivity index (χ3n) is 3.35. The molecule has 0 amide bonds. The lowest BCUT2D eigenvalue weighted by Gasteiger charge is -2.16. The maximum absolute atomic E-state index is 3.96. The van der Waals surface area contributed by atoms with Gasteiger partial charge in [0.1, 0.15) is 0 Å². The van der Waals surface area contributed by atoms with Gasteiger partial charge in [0.25, 0.3) is 0 Å². The molecule has 0 unspecified atom stereocenters. The molecule has 1 aromatic rings. The van der Waals surface area contributed by atoms with Crippen LogP contribution < -0.4 is 5.32 Å². The van der Waals surface area contributed by atoms with Gasteiger partial charge in [-0.15, -0.1) is 0 Å². The van der Waals surface area contributed by atoms with Crippen molar-refractivity contribution < 1.29 is 0 Å². The van der Waals surface area contributed by atoms with E-state index in [1.807, 2.05) is 12.3 Å². The summed E-state index contributed by atoms with van der Waals surface area (Å²) >= 11 is 0. The van der Waals surface area contributed by atoms with Gasteiger partial charge in [-0.3, -0.25) is 5.10 Å². The van der Waals surface area contributed by atoms with E-state index in [0.717, 1.165) is 24.4 Å². The third-order valence-corrected chi connectivity index (χ3v) is 3.35. The normalized spacial score (nSPS) is 21.8. The fourth-order valence-electron chi connectivity index (χ4n) is 2.24. The molecule has 14 heavy (non-hydrogen) atoms. The Morgan fingerprint density at radius 2 is 2.07 bits per heavy atom. The molecule has 2 N–H and O–H groups in total. The van der Waals surface area contributed by atoms with Gasteiger partial charge in [-0.2, -0.15) is 5.10 Å². The van der Waals surface area contributed by atoms with E-state index >= 15 is 0 Å². The average Bonchev–Trinajstić information content (AvgIpc) is 3.09. The van der Waals surface area contributed by atoms with Crippen molar-refractivity contribution in [3.8, 4) is 0 Å². The molecule has 2 saturated carbocycles. The summed E-state index contributed by atoms with van der Waals surface area (Å²) in [7, 11) is 0. The Morgan fingerprint density at radius 1 is 1.36 bits per heavy atom. The SMILES string of the molecule is c1cc(CNC(C2CC2)C2CC2)[nH]n1. The molecule has 0 atom stereocenters. The van der Waals surface area contributed by atoms with Crippen LogP contribution >= 0.6 is 0 Å². The monoisotopic (exact) mass is 191 g/mol. The number of H-pyrrole nitrogens is 1. The largest absolute Gasteiger partial charge is 0.308 e. The highest BCUT2D eigenvalue weighted by molar-refractivity contribution is 5.01. The Bertz CT molecular complexity index is 273. The standard InChI is InChI=1S/C11H17N3/c1-2-8(1)11(9-3-4-9)12-7-10-5-6-13-14-10/h5-6,8-9,11-12H,1-4,7H2,(H,13,14). The van der Waals surface area contributed by atoms with Crippen molar-refractivity contribution in [1.82, 2.24) is 15.5 Å².